The predicted octanol–water partition coefficient (Wildman–Crippen LogP) is 1.30. The molecule has 1 saturated heterocycles. The lowest BCUT2D eigenvalue weighted by atomic mass is 10.1. The molecule has 1 amide bonds. The van der Waals surface area contributed by atoms with Crippen LogP contribution < -0.4 is 5.32 Å². The quantitative estimate of drug-likeness (QED) is 0.764. The summed E-state index contributed by atoms with van der Waals surface area (Å²) >= 11 is 0. The van der Waals surface area contributed by atoms with Crippen molar-refractivity contribution < 1.29 is 22.7 Å². The van der Waals surface area contributed by atoms with Gasteiger partial charge in [-0.15, -0.1) is 0 Å². The number of carbonyl (C=O) groups is 2. The summed E-state index contributed by atoms with van der Waals surface area (Å²) in [5, 5.41) is 2.57. The number of nitrogens with zero attached hydrogens (tertiary/aromatic N) is 1. The van der Waals surface area contributed by atoms with Crippen LogP contribution in [0, 0.1) is 0 Å². The zero-order chi connectivity index (χ0) is 18.4. The van der Waals surface area contributed by atoms with Crippen molar-refractivity contribution in [2.45, 2.75) is 50.2 Å². The molecule has 1 aliphatic heterocycles. The van der Waals surface area contributed by atoms with Gasteiger partial charge in [-0.2, -0.15) is 4.31 Å². The molecule has 0 unspecified atom stereocenters. The van der Waals surface area contributed by atoms with Crippen molar-refractivity contribution in [3.8, 4) is 0 Å². The minimum Gasteiger partial charge on any atom is -0.451 e. The molecule has 1 fully saturated rings. The van der Waals surface area contributed by atoms with E-state index >= 15 is 0 Å². The van der Waals surface area contributed by atoms with E-state index in [1.165, 1.54) is 23.4 Å². The van der Waals surface area contributed by atoms with Gasteiger partial charge in [-0.1, -0.05) is 18.2 Å². The molecule has 7 nitrogen and oxygen atoms in total. The first-order chi connectivity index (χ1) is 11.9. The number of rotatable bonds is 6. The number of benzene rings is 1. The largest absolute Gasteiger partial charge is 0.451 e. The normalized spacial score (nSPS) is 19.8. The van der Waals surface area contributed by atoms with Crippen LogP contribution in [0.4, 0.5) is 0 Å². The van der Waals surface area contributed by atoms with Crippen molar-refractivity contribution in [2.75, 3.05) is 13.1 Å². The first kappa shape index (κ1) is 19.4. The number of nitrogens with one attached hydrogen (secondary N) is 1. The number of piperidine rings is 1. The monoisotopic (exact) mass is 368 g/mol. The molecule has 1 N–H and O–H groups in total. The number of amides is 1. The first-order valence-electron chi connectivity index (χ1n) is 8.43. The van der Waals surface area contributed by atoms with Gasteiger partial charge in [0.1, 0.15) is 6.04 Å². The molecule has 0 aromatic heterocycles. The van der Waals surface area contributed by atoms with Gasteiger partial charge in [0.25, 0.3) is 5.91 Å². The highest BCUT2D eigenvalue weighted by Crippen LogP contribution is 2.26. The number of esters is 1. The Morgan fingerprint density at radius 2 is 1.96 bits per heavy atom. The molecule has 0 aliphatic carbocycles. The summed E-state index contributed by atoms with van der Waals surface area (Å²) in [4.78, 5) is 24.4. The Bertz CT molecular complexity index is 705. The summed E-state index contributed by atoms with van der Waals surface area (Å²) in [5.41, 5.74) is 0. The fourth-order valence-electron chi connectivity index (χ4n) is 2.78. The van der Waals surface area contributed by atoms with E-state index in [9.17, 15) is 18.0 Å². The van der Waals surface area contributed by atoms with Crippen LogP contribution in [0.25, 0.3) is 0 Å². The molecule has 0 saturated carbocycles. The molecule has 25 heavy (non-hydrogen) atoms. The zero-order valence-electron chi connectivity index (χ0n) is 14.5. The van der Waals surface area contributed by atoms with Crippen molar-refractivity contribution in [1.82, 2.24) is 9.62 Å². The van der Waals surface area contributed by atoms with E-state index in [1.807, 2.05) is 0 Å². The number of ether oxygens (including phenoxy) is 1. The molecular weight excluding hydrogens is 344 g/mol. The maximum atomic E-state index is 12.9. The van der Waals surface area contributed by atoms with Gasteiger partial charge >= 0.3 is 5.97 Å². The maximum absolute atomic E-state index is 12.9. The SMILES string of the molecule is CCNC(=O)[C@H](C)OC(=O)[C@H]1CCCCN1S(=O)(=O)c1ccccc1. The molecule has 2 atom stereocenters. The minimum atomic E-state index is -3.79. The van der Waals surface area contributed by atoms with Gasteiger partial charge < -0.3 is 10.1 Å². The van der Waals surface area contributed by atoms with Gasteiger partial charge in [0, 0.05) is 13.1 Å². The lowest BCUT2D eigenvalue weighted by Gasteiger charge is -2.33. The van der Waals surface area contributed by atoms with Crippen LogP contribution >= 0.6 is 0 Å². The van der Waals surface area contributed by atoms with Gasteiger partial charge in [-0.05, 0) is 45.2 Å². The Morgan fingerprint density at radius 3 is 2.60 bits per heavy atom. The van der Waals surface area contributed by atoms with Gasteiger partial charge in [0.05, 0.1) is 4.90 Å². The molecule has 0 spiro atoms. The highest BCUT2D eigenvalue weighted by atomic mass is 32.2. The van der Waals surface area contributed by atoms with E-state index in [-0.39, 0.29) is 11.4 Å². The summed E-state index contributed by atoms with van der Waals surface area (Å²) in [6.45, 7) is 3.93. The number of carbonyl (C=O) groups excluding carboxylic acids is 2. The second-order valence-corrected chi connectivity index (χ2v) is 7.80. The van der Waals surface area contributed by atoms with E-state index in [2.05, 4.69) is 5.32 Å². The summed E-state index contributed by atoms with van der Waals surface area (Å²) in [6.07, 6.45) is 0.834. The molecular formula is C17H24N2O5S. The average Bonchev–Trinajstić information content (AvgIpc) is 2.62. The van der Waals surface area contributed by atoms with Crippen LogP contribution in [-0.2, 0) is 24.3 Å². The molecule has 1 heterocycles. The molecule has 0 radical (unpaired) electrons. The highest BCUT2D eigenvalue weighted by Gasteiger charge is 2.39. The van der Waals surface area contributed by atoms with E-state index in [1.54, 1.807) is 25.1 Å². The maximum Gasteiger partial charge on any atom is 0.325 e. The number of likely N-dealkylation sites (N-methyl/N-ethyl adjacent to an activating group) is 1. The Balaban J connectivity index is 2.18. The zero-order valence-corrected chi connectivity index (χ0v) is 15.3. The van der Waals surface area contributed by atoms with Crippen molar-refractivity contribution >= 4 is 21.9 Å². The third-order valence-electron chi connectivity index (χ3n) is 4.09. The lowest BCUT2D eigenvalue weighted by Crippen LogP contribution is -2.50. The topological polar surface area (TPSA) is 92.8 Å². The lowest BCUT2D eigenvalue weighted by molar-refractivity contribution is -0.159. The molecule has 1 aromatic rings. The third-order valence-corrected chi connectivity index (χ3v) is 6.01. The van der Waals surface area contributed by atoms with Crippen LogP contribution in [0.5, 0.6) is 0 Å². The Hall–Kier alpha value is -1.93. The van der Waals surface area contributed by atoms with Crippen LogP contribution in [0.1, 0.15) is 33.1 Å². The Labute approximate surface area is 148 Å². The fourth-order valence-corrected chi connectivity index (χ4v) is 4.45. The predicted molar refractivity (Wildman–Crippen MR) is 92.2 cm³/mol. The van der Waals surface area contributed by atoms with Gasteiger partial charge in [-0.3, -0.25) is 9.59 Å². The van der Waals surface area contributed by atoms with Crippen LogP contribution in [0.3, 0.4) is 0 Å². The van der Waals surface area contributed by atoms with Gasteiger partial charge in [0.15, 0.2) is 6.10 Å². The summed E-state index contributed by atoms with van der Waals surface area (Å²) in [6, 6.07) is 7.11. The third kappa shape index (κ3) is 4.58. The smallest absolute Gasteiger partial charge is 0.325 e. The standard InChI is InChI=1S/C17H24N2O5S/c1-3-18-16(20)13(2)24-17(21)15-11-7-8-12-19(15)25(22,23)14-9-5-4-6-10-14/h4-6,9-10,13,15H,3,7-8,11-12H2,1-2H3,(H,18,20)/t13-,15+/m0/s1. The van der Waals surface area contributed by atoms with Crippen molar-refractivity contribution in [3.63, 3.8) is 0 Å². The van der Waals surface area contributed by atoms with E-state index in [4.69, 9.17) is 4.74 Å². The fraction of sp³-hybridized carbons (Fsp3) is 0.529. The molecule has 1 aromatic carbocycles. The van der Waals surface area contributed by atoms with E-state index in [0.717, 1.165) is 6.42 Å². The van der Waals surface area contributed by atoms with Crippen LogP contribution in [-0.4, -0.2) is 49.8 Å². The molecule has 1 aliphatic rings. The van der Waals surface area contributed by atoms with Gasteiger partial charge in [-0.25, -0.2) is 8.42 Å². The average molecular weight is 368 g/mol. The van der Waals surface area contributed by atoms with E-state index < -0.39 is 34.0 Å². The molecule has 8 heteroatoms. The van der Waals surface area contributed by atoms with E-state index in [0.29, 0.717) is 19.4 Å². The van der Waals surface area contributed by atoms with Crippen molar-refractivity contribution in [1.29, 1.82) is 0 Å². The summed E-state index contributed by atoms with van der Waals surface area (Å²) in [7, 11) is -3.79. The van der Waals surface area contributed by atoms with Crippen molar-refractivity contribution in [2.24, 2.45) is 0 Å². The number of hydrogen-bond donors (Lipinski definition) is 1. The molecule has 2 rings (SSSR count). The second-order valence-electron chi connectivity index (χ2n) is 5.91. The summed E-state index contributed by atoms with van der Waals surface area (Å²) in [5.74, 6) is -1.08. The number of hydrogen-bond acceptors (Lipinski definition) is 5. The van der Waals surface area contributed by atoms with Crippen LogP contribution in [0.15, 0.2) is 35.2 Å². The van der Waals surface area contributed by atoms with Crippen molar-refractivity contribution in [3.05, 3.63) is 30.3 Å². The van der Waals surface area contributed by atoms with Gasteiger partial charge in [0.2, 0.25) is 10.0 Å². The summed E-state index contributed by atoms with van der Waals surface area (Å²) < 4.78 is 32.1. The van der Waals surface area contributed by atoms with Crippen LogP contribution in [0.2, 0.25) is 0 Å². The molecule has 138 valence electrons. The number of sulfonamides is 1. The highest BCUT2D eigenvalue weighted by molar-refractivity contribution is 7.89. The Kier molecular flexibility index (Phi) is 6.55. The molecule has 0 bridgehead atoms. The Morgan fingerprint density at radius 1 is 1.28 bits per heavy atom. The minimum absolute atomic E-state index is 0.145. The second kappa shape index (κ2) is 8.44. The first-order valence-corrected chi connectivity index (χ1v) is 9.87.